The van der Waals surface area contributed by atoms with Crippen LogP contribution in [0.4, 0.5) is 10.5 Å². The zero-order valence-electron chi connectivity index (χ0n) is 11.8. The van der Waals surface area contributed by atoms with Gasteiger partial charge in [0.05, 0.1) is 27.1 Å². The van der Waals surface area contributed by atoms with E-state index in [2.05, 4.69) is 17.2 Å². The summed E-state index contributed by atoms with van der Waals surface area (Å²) >= 11 is 0. The smallest absolute Gasteiger partial charge is 0.319 e. The highest BCUT2D eigenvalue weighted by molar-refractivity contribution is 5.89. The van der Waals surface area contributed by atoms with Crippen LogP contribution in [-0.2, 0) is 4.74 Å². The molecule has 1 aromatic carbocycles. The minimum absolute atomic E-state index is 0.293. The minimum Gasteiger partial charge on any atom is -0.502 e. The largest absolute Gasteiger partial charge is 0.502 e. The van der Waals surface area contributed by atoms with Gasteiger partial charge in [0, 0.05) is 30.4 Å². The Balaban J connectivity index is 2.46. The summed E-state index contributed by atoms with van der Waals surface area (Å²) in [6, 6.07) is 4.86. The molecule has 1 aromatic rings. The highest BCUT2D eigenvalue weighted by Crippen LogP contribution is 2.25. The van der Waals surface area contributed by atoms with E-state index >= 15 is 0 Å². The number of hydrogen-bond donors (Lipinski definition) is 2. The number of carbonyl (C=O) groups excluding carboxylic acids is 1. The van der Waals surface area contributed by atoms with Crippen LogP contribution >= 0.6 is 0 Å². The van der Waals surface area contributed by atoms with E-state index in [0.29, 0.717) is 36.8 Å². The van der Waals surface area contributed by atoms with Crippen LogP contribution in [0.5, 0.6) is 11.5 Å². The lowest BCUT2D eigenvalue weighted by Gasteiger charge is -2.10. The number of hydrogen-bond acceptors (Lipinski definition) is 4. The Morgan fingerprint density at radius 1 is 1.25 bits per heavy atom. The number of urea groups is 1. The minimum atomic E-state index is -0.293. The number of carbonyl (C=O) groups is 1. The summed E-state index contributed by atoms with van der Waals surface area (Å²) in [5, 5.41) is 5.43. The molecule has 0 unspecified atom stereocenters. The molecule has 0 saturated carbocycles. The maximum atomic E-state index is 11.7. The number of anilines is 1. The molecule has 0 aliphatic carbocycles. The predicted octanol–water partition coefficient (Wildman–Crippen LogP) is 2.38. The summed E-state index contributed by atoms with van der Waals surface area (Å²) in [6.07, 6.45) is 2.09. The lowest BCUT2D eigenvalue weighted by Crippen LogP contribution is -2.30. The molecule has 6 heteroatoms. The van der Waals surface area contributed by atoms with Gasteiger partial charge in [-0.1, -0.05) is 6.58 Å². The molecule has 0 atom stereocenters. The van der Waals surface area contributed by atoms with E-state index in [-0.39, 0.29) is 6.03 Å². The van der Waals surface area contributed by atoms with E-state index in [1.807, 2.05) is 0 Å². The topological polar surface area (TPSA) is 68.8 Å². The van der Waals surface area contributed by atoms with E-state index in [0.717, 1.165) is 0 Å². The number of nitrogens with one attached hydrogen (secondary N) is 2. The van der Waals surface area contributed by atoms with Crippen LogP contribution in [0.3, 0.4) is 0 Å². The summed E-state index contributed by atoms with van der Waals surface area (Å²) in [5.41, 5.74) is 0.598. The molecule has 0 spiro atoms. The van der Waals surface area contributed by atoms with Crippen molar-refractivity contribution in [2.75, 3.05) is 32.7 Å². The van der Waals surface area contributed by atoms with Gasteiger partial charge in [0.25, 0.3) is 0 Å². The third-order valence-electron chi connectivity index (χ3n) is 2.45. The van der Waals surface area contributed by atoms with Gasteiger partial charge in [0.15, 0.2) is 0 Å². The summed E-state index contributed by atoms with van der Waals surface area (Å²) in [6.45, 7) is 4.48. The van der Waals surface area contributed by atoms with E-state index < -0.39 is 0 Å². The van der Waals surface area contributed by atoms with Crippen molar-refractivity contribution in [1.29, 1.82) is 0 Å². The van der Waals surface area contributed by atoms with E-state index in [4.69, 9.17) is 14.2 Å². The molecule has 2 amide bonds. The summed E-state index contributed by atoms with van der Waals surface area (Å²) in [4.78, 5) is 11.7. The first-order valence-corrected chi connectivity index (χ1v) is 6.20. The fourth-order valence-corrected chi connectivity index (χ4v) is 1.50. The van der Waals surface area contributed by atoms with Crippen LogP contribution in [0, 0.1) is 0 Å². The highest BCUT2D eigenvalue weighted by Gasteiger charge is 2.05. The first-order valence-electron chi connectivity index (χ1n) is 6.20. The number of methoxy groups -OCH3 is 2. The quantitative estimate of drug-likeness (QED) is 0.566. The van der Waals surface area contributed by atoms with Gasteiger partial charge in [0.1, 0.15) is 11.5 Å². The van der Waals surface area contributed by atoms with Crippen molar-refractivity contribution >= 4 is 11.7 Å². The lowest BCUT2D eigenvalue weighted by molar-refractivity contribution is 0.238. The Morgan fingerprint density at radius 2 is 1.90 bits per heavy atom. The molecule has 0 fully saturated rings. The van der Waals surface area contributed by atoms with Gasteiger partial charge in [-0.2, -0.15) is 0 Å². The second-order valence-electron chi connectivity index (χ2n) is 3.87. The van der Waals surface area contributed by atoms with Crippen LogP contribution in [0.25, 0.3) is 0 Å². The van der Waals surface area contributed by atoms with E-state index in [1.165, 1.54) is 6.26 Å². The first kappa shape index (κ1) is 15.7. The van der Waals surface area contributed by atoms with Crippen molar-refractivity contribution in [2.24, 2.45) is 0 Å². The number of amides is 2. The van der Waals surface area contributed by atoms with Crippen molar-refractivity contribution in [3.8, 4) is 11.5 Å². The molecule has 110 valence electrons. The lowest BCUT2D eigenvalue weighted by atomic mass is 10.3. The number of benzene rings is 1. The number of rotatable bonds is 8. The summed E-state index contributed by atoms with van der Waals surface area (Å²) < 4.78 is 15.2. The van der Waals surface area contributed by atoms with Crippen LogP contribution < -0.4 is 20.1 Å². The van der Waals surface area contributed by atoms with Crippen LogP contribution in [0.1, 0.15) is 6.42 Å². The molecule has 20 heavy (non-hydrogen) atoms. The second kappa shape index (κ2) is 8.68. The molecule has 0 aliphatic heterocycles. The molecule has 0 aromatic heterocycles. The molecular weight excluding hydrogens is 260 g/mol. The number of ether oxygens (including phenoxy) is 3. The van der Waals surface area contributed by atoms with Crippen LogP contribution in [0.2, 0.25) is 0 Å². The van der Waals surface area contributed by atoms with E-state index in [9.17, 15) is 4.79 Å². The van der Waals surface area contributed by atoms with Gasteiger partial charge < -0.3 is 24.8 Å². The predicted molar refractivity (Wildman–Crippen MR) is 77.3 cm³/mol. The third kappa shape index (κ3) is 5.51. The standard InChI is InChI=1S/C14H20N2O4/c1-4-20-7-5-6-15-14(17)16-11-8-12(18-2)10-13(9-11)19-3/h4,8-10H,1,5-7H2,2-3H3,(H2,15,16,17). The molecule has 6 nitrogen and oxygen atoms in total. The van der Waals surface area contributed by atoms with Gasteiger partial charge in [-0.3, -0.25) is 0 Å². The summed E-state index contributed by atoms with van der Waals surface area (Å²) in [5.74, 6) is 1.22. The van der Waals surface area contributed by atoms with Crippen molar-refractivity contribution in [3.05, 3.63) is 31.0 Å². The second-order valence-corrected chi connectivity index (χ2v) is 3.87. The monoisotopic (exact) mass is 280 g/mol. The van der Waals surface area contributed by atoms with Gasteiger partial charge in [-0.25, -0.2) is 4.79 Å². The average Bonchev–Trinajstić information content (AvgIpc) is 2.46. The molecule has 0 saturated heterocycles. The molecular formula is C14H20N2O4. The Labute approximate surface area is 118 Å². The highest BCUT2D eigenvalue weighted by atomic mass is 16.5. The first-order chi connectivity index (χ1) is 9.69. The van der Waals surface area contributed by atoms with Crippen molar-refractivity contribution in [1.82, 2.24) is 5.32 Å². The van der Waals surface area contributed by atoms with Gasteiger partial charge in [-0.05, 0) is 6.42 Å². The fourth-order valence-electron chi connectivity index (χ4n) is 1.50. The van der Waals surface area contributed by atoms with Crippen LogP contribution in [0.15, 0.2) is 31.0 Å². The maximum Gasteiger partial charge on any atom is 0.319 e. The molecule has 0 radical (unpaired) electrons. The zero-order chi connectivity index (χ0) is 14.8. The van der Waals surface area contributed by atoms with Gasteiger partial charge in [0.2, 0.25) is 0 Å². The SMILES string of the molecule is C=COCCCNC(=O)Nc1cc(OC)cc(OC)c1. The molecule has 0 bridgehead atoms. The normalized spacial score (nSPS) is 9.50. The molecule has 1 rings (SSSR count). The van der Waals surface area contributed by atoms with Gasteiger partial charge in [-0.15, -0.1) is 0 Å². The Hall–Kier alpha value is -2.37. The zero-order valence-corrected chi connectivity index (χ0v) is 11.8. The van der Waals surface area contributed by atoms with Crippen molar-refractivity contribution < 1.29 is 19.0 Å². The van der Waals surface area contributed by atoms with Gasteiger partial charge >= 0.3 is 6.03 Å². The maximum absolute atomic E-state index is 11.7. The van der Waals surface area contributed by atoms with Crippen LogP contribution in [-0.4, -0.2) is 33.4 Å². The molecule has 0 aliphatic rings. The fraction of sp³-hybridized carbons (Fsp3) is 0.357. The van der Waals surface area contributed by atoms with E-state index in [1.54, 1.807) is 32.4 Å². The average molecular weight is 280 g/mol. The molecule has 0 heterocycles. The Kier molecular flexibility index (Phi) is 6.81. The van der Waals surface area contributed by atoms with Crippen molar-refractivity contribution in [3.63, 3.8) is 0 Å². The third-order valence-corrected chi connectivity index (χ3v) is 2.45. The van der Waals surface area contributed by atoms with Crippen molar-refractivity contribution in [2.45, 2.75) is 6.42 Å². The Bertz CT molecular complexity index is 427. The summed E-state index contributed by atoms with van der Waals surface area (Å²) in [7, 11) is 3.11. The molecule has 2 N–H and O–H groups in total. The Morgan fingerprint density at radius 3 is 2.45 bits per heavy atom.